The van der Waals surface area contributed by atoms with Crippen LogP contribution in [0.4, 0.5) is 5.69 Å². The first kappa shape index (κ1) is 15.3. The van der Waals surface area contributed by atoms with Gasteiger partial charge in [0.25, 0.3) is 0 Å². The zero-order chi connectivity index (χ0) is 13.4. The molecule has 0 aromatic heterocycles. The van der Waals surface area contributed by atoms with Gasteiger partial charge in [-0.05, 0) is 42.7 Å². The van der Waals surface area contributed by atoms with Crippen LogP contribution in [-0.2, 0) is 10.0 Å². The first-order valence-corrected chi connectivity index (χ1v) is 8.80. The van der Waals surface area contributed by atoms with Crippen molar-refractivity contribution >= 4 is 27.5 Å². The lowest BCUT2D eigenvalue weighted by Gasteiger charge is -2.08. The first-order valence-electron chi connectivity index (χ1n) is 5.92. The Morgan fingerprint density at radius 2 is 1.89 bits per heavy atom. The van der Waals surface area contributed by atoms with E-state index in [-0.39, 0.29) is 0 Å². The highest BCUT2D eigenvalue weighted by Crippen LogP contribution is 2.13. The standard InChI is InChI=1S/C12H20N2O2S2/c1-3-14-18(15,16)12-7-5-11(6-8-12)13-9-4-10-17-2/h5-8,13-14H,3-4,9-10H2,1-2H3. The van der Waals surface area contributed by atoms with Crippen molar-refractivity contribution in [1.29, 1.82) is 0 Å². The van der Waals surface area contributed by atoms with Crippen molar-refractivity contribution < 1.29 is 8.42 Å². The number of thioether (sulfide) groups is 1. The van der Waals surface area contributed by atoms with Crippen LogP contribution in [0.1, 0.15) is 13.3 Å². The molecule has 2 N–H and O–H groups in total. The molecule has 102 valence electrons. The van der Waals surface area contributed by atoms with E-state index >= 15 is 0 Å². The van der Waals surface area contributed by atoms with E-state index in [1.54, 1.807) is 31.2 Å². The van der Waals surface area contributed by atoms with E-state index in [0.717, 1.165) is 24.4 Å². The highest BCUT2D eigenvalue weighted by atomic mass is 32.2. The normalized spacial score (nSPS) is 11.4. The average molecular weight is 288 g/mol. The molecule has 1 aromatic carbocycles. The summed E-state index contributed by atoms with van der Waals surface area (Å²) in [5.74, 6) is 1.12. The minimum Gasteiger partial charge on any atom is -0.385 e. The van der Waals surface area contributed by atoms with Crippen molar-refractivity contribution in [2.75, 3.05) is 30.4 Å². The molecule has 0 aliphatic heterocycles. The van der Waals surface area contributed by atoms with Crippen LogP contribution < -0.4 is 10.0 Å². The third kappa shape index (κ3) is 4.88. The first-order chi connectivity index (χ1) is 8.60. The molecule has 0 amide bonds. The second-order valence-electron chi connectivity index (χ2n) is 3.80. The van der Waals surface area contributed by atoms with Gasteiger partial charge in [-0.2, -0.15) is 11.8 Å². The summed E-state index contributed by atoms with van der Waals surface area (Å²) >= 11 is 1.82. The number of rotatable bonds is 8. The Balaban J connectivity index is 2.57. The number of hydrogen-bond donors (Lipinski definition) is 2. The fraction of sp³-hybridized carbons (Fsp3) is 0.500. The van der Waals surface area contributed by atoms with E-state index in [1.165, 1.54) is 0 Å². The molecule has 4 nitrogen and oxygen atoms in total. The molecular formula is C12H20N2O2S2. The zero-order valence-corrected chi connectivity index (χ0v) is 12.4. The monoisotopic (exact) mass is 288 g/mol. The summed E-state index contributed by atoms with van der Waals surface area (Å²) in [6.45, 7) is 3.07. The molecular weight excluding hydrogens is 268 g/mol. The molecule has 0 saturated heterocycles. The Labute approximate surface area is 114 Å². The van der Waals surface area contributed by atoms with E-state index in [1.807, 2.05) is 11.8 Å². The Hall–Kier alpha value is -0.720. The molecule has 0 bridgehead atoms. The predicted molar refractivity (Wildman–Crippen MR) is 78.8 cm³/mol. The van der Waals surface area contributed by atoms with E-state index in [9.17, 15) is 8.42 Å². The van der Waals surface area contributed by atoms with E-state index < -0.39 is 10.0 Å². The van der Waals surface area contributed by atoms with Crippen molar-refractivity contribution in [3.8, 4) is 0 Å². The molecule has 0 radical (unpaired) electrons. The number of nitrogens with one attached hydrogen (secondary N) is 2. The van der Waals surface area contributed by atoms with Gasteiger partial charge < -0.3 is 5.32 Å². The largest absolute Gasteiger partial charge is 0.385 e. The molecule has 0 saturated carbocycles. The van der Waals surface area contributed by atoms with Crippen molar-refractivity contribution in [2.24, 2.45) is 0 Å². The molecule has 1 aromatic rings. The van der Waals surface area contributed by atoms with Crippen LogP contribution in [0, 0.1) is 0 Å². The van der Waals surface area contributed by atoms with Gasteiger partial charge in [0.1, 0.15) is 0 Å². The summed E-state index contributed by atoms with van der Waals surface area (Å²) in [7, 11) is -3.34. The van der Waals surface area contributed by atoms with E-state index in [0.29, 0.717) is 11.4 Å². The van der Waals surface area contributed by atoms with E-state index in [2.05, 4.69) is 16.3 Å². The van der Waals surface area contributed by atoms with Crippen molar-refractivity contribution in [1.82, 2.24) is 4.72 Å². The van der Waals surface area contributed by atoms with Crippen LogP contribution in [0.25, 0.3) is 0 Å². The second-order valence-corrected chi connectivity index (χ2v) is 6.55. The van der Waals surface area contributed by atoms with Crippen LogP contribution in [0.2, 0.25) is 0 Å². The lowest BCUT2D eigenvalue weighted by Crippen LogP contribution is -2.23. The molecule has 18 heavy (non-hydrogen) atoms. The summed E-state index contributed by atoms with van der Waals surface area (Å²) in [6, 6.07) is 6.83. The molecule has 1 rings (SSSR count). The topological polar surface area (TPSA) is 58.2 Å². The van der Waals surface area contributed by atoms with Gasteiger partial charge in [-0.15, -0.1) is 0 Å². The second kappa shape index (κ2) is 7.66. The van der Waals surface area contributed by atoms with E-state index in [4.69, 9.17) is 0 Å². The summed E-state index contributed by atoms with van der Waals surface area (Å²) < 4.78 is 25.9. The molecule has 6 heteroatoms. The Morgan fingerprint density at radius 1 is 1.22 bits per heavy atom. The lowest BCUT2D eigenvalue weighted by atomic mass is 10.3. The minimum atomic E-state index is -3.34. The van der Waals surface area contributed by atoms with Crippen LogP contribution in [0.15, 0.2) is 29.2 Å². The smallest absolute Gasteiger partial charge is 0.240 e. The molecule has 0 unspecified atom stereocenters. The maximum atomic E-state index is 11.7. The maximum Gasteiger partial charge on any atom is 0.240 e. The van der Waals surface area contributed by atoms with Gasteiger partial charge in [0, 0.05) is 18.8 Å². The highest BCUT2D eigenvalue weighted by molar-refractivity contribution is 7.98. The van der Waals surface area contributed by atoms with Crippen molar-refractivity contribution in [2.45, 2.75) is 18.2 Å². The van der Waals surface area contributed by atoms with Crippen LogP contribution >= 0.6 is 11.8 Å². The summed E-state index contributed by atoms with van der Waals surface area (Å²) in [5, 5.41) is 3.26. The number of sulfonamides is 1. The Bertz CT molecular complexity index is 444. The fourth-order valence-corrected chi connectivity index (χ4v) is 2.95. The van der Waals surface area contributed by atoms with Crippen molar-refractivity contribution in [3.05, 3.63) is 24.3 Å². The third-order valence-electron chi connectivity index (χ3n) is 2.35. The fourth-order valence-electron chi connectivity index (χ4n) is 1.47. The summed E-state index contributed by atoms with van der Waals surface area (Å²) in [4.78, 5) is 0.305. The molecule has 0 aliphatic rings. The van der Waals surface area contributed by atoms with Gasteiger partial charge >= 0.3 is 0 Å². The lowest BCUT2D eigenvalue weighted by molar-refractivity contribution is 0.584. The van der Waals surface area contributed by atoms with Gasteiger partial charge in [0.2, 0.25) is 10.0 Å². The number of anilines is 1. The number of hydrogen-bond acceptors (Lipinski definition) is 4. The van der Waals surface area contributed by atoms with Gasteiger partial charge in [-0.1, -0.05) is 6.92 Å². The highest BCUT2D eigenvalue weighted by Gasteiger charge is 2.11. The minimum absolute atomic E-state index is 0.305. The van der Waals surface area contributed by atoms with Gasteiger partial charge in [-0.25, -0.2) is 13.1 Å². The quantitative estimate of drug-likeness (QED) is 0.720. The third-order valence-corrected chi connectivity index (χ3v) is 4.61. The Morgan fingerprint density at radius 3 is 2.44 bits per heavy atom. The predicted octanol–water partition coefficient (Wildman–Crippen LogP) is 2.15. The van der Waals surface area contributed by atoms with Gasteiger partial charge in [0.05, 0.1) is 4.90 Å². The average Bonchev–Trinajstić information content (AvgIpc) is 2.35. The summed E-state index contributed by atoms with van der Waals surface area (Å²) in [6.07, 6.45) is 3.18. The molecule has 0 aliphatic carbocycles. The van der Waals surface area contributed by atoms with Crippen molar-refractivity contribution in [3.63, 3.8) is 0 Å². The molecule has 0 atom stereocenters. The van der Waals surface area contributed by atoms with Crippen LogP contribution in [0.3, 0.4) is 0 Å². The number of benzene rings is 1. The Kier molecular flexibility index (Phi) is 6.52. The van der Waals surface area contributed by atoms with Gasteiger partial charge in [-0.3, -0.25) is 0 Å². The summed E-state index contributed by atoms with van der Waals surface area (Å²) in [5.41, 5.74) is 0.951. The maximum absolute atomic E-state index is 11.7. The van der Waals surface area contributed by atoms with Gasteiger partial charge in [0.15, 0.2) is 0 Å². The molecule has 0 heterocycles. The van der Waals surface area contributed by atoms with Crippen LogP contribution in [0.5, 0.6) is 0 Å². The molecule has 0 spiro atoms. The van der Waals surface area contributed by atoms with Crippen LogP contribution in [-0.4, -0.2) is 33.5 Å². The SMILES string of the molecule is CCNS(=O)(=O)c1ccc(NCCCSC)cc1. The molecule has 0 fully saturated rings. The zero-order valence-electron chi connectivity index (χ0n) is 10.8.